The Morgan fingerprint density at radius 1 is 1.10 bits per heavy atom. The lowest BCUT2D eigenvalue weighted by Crippen LogP contribution is -2.69. The van der Waals surface area contributed by atoms with Crippen LogP contribution in [-0.2, 0) is 28.6 Å². The number of nitrogens with one attached hydrogen (secondary N) is 2. The van der Waals surface area contributed by atoms with Crippen molar-refractivity contribution < 1.29 is 38.7 Å². The summed E-state index contributed by atoms with van der Waals surface area (Å²) in [6.07, 6.45) is -3.43. The number of aromatic amines is 1. The van der Waals surface area contributed by atoms with E-state index in [4.69, 9.17) is 0 Å². The molecular weight excluding hydrogens is 415 g/mol. The number of fused-ring (bicyclic) bond motifs is 1. The predicted molar refractivity (Wildman–Crippen MR) is 105 cm³/mol. The lowest BCUT2D eigenvalue weighted by molar-refractivity contribution is -0.403. The molecule has 31 heavy (non-hydrogen) atoms. The van der Waals surface area contributed by atoms with Crippen molar-refractivity contribution in [3.8, 4) is 5.75 Å². The molecule has 0 aliphatic rings. The summed E-state index contributed by atoms with van der Waals surface area (Å²) in [5, 5.41) is 21.1. The number of aromatic nitrogens is 1. The number of phenols is 1. The SMILES string of the molecule is [NH3+][C@H](Cc1ccc(O)cc1)C(=O)N[C@@H](Cc1c[nH]c2cccc(C(F)(F)F)c12)C(=O)O. The number of phenolic OH excluding ortho intramolecular Hbond substituents is 1. The van der Waals surface area contributed by atoms with Crippen molar-refractivity contribution in [1.29, 1.82) is 0 Å². The number of benzene rings is 2. The zero-order chi connectivity index (χ0) is 22.8. The Bertz CT molecular complexity index is 1090. The predicted octanol–water partition coefficient (Wildman–Crippen LogP) is 1.86. The molecule has 0 aliphatic carbocycles. The topological polar surface area (TPSA) is 130 Å². The second kappa shape index (κ2) is 8.68. The Labute approximate surface area is 174 Å². The van der Waals surface area contributed by atoms with Gasteiger partial charge in [0.1, 0.15) is 11.8 Å². The van der Waals surface area contributed by atoms with Crippen LogP contribution in [0.3, 0.4) is 0 Å². The van der Waals surface area contributed by atoms with Gasteiger partial charge in [-0.25, -0.2) is 4.79 Å². The Balaban J connectivity index is 1.78. The van der Waals surface area contributed by atoms with E-state index >= 15 is 0 Å². The van der Waals surface area contributed by atoms with E-state index in [1.807, 2.05) is 0 Å². The van der Waals surface area contributed by atoms with Crippen molar-refractivity contribution in [2.24, 2.45) is 0 Å². The number of aliphatic carboxylic acids is 1. The number of rotatable bonds is 7. The molecule has 7 N–H and O–H groups in total. The summed E-state index contributed by atoms with van der Waals surface area (Å²) >= 11 is 0. The number of aromatic hydroxyl groups is 1. The number of hydrogen-bond acceptors (Lipinski definition) is 3. The summed E-state index contributed by atoms with van der Waals surface area (Å²) in [4.78, 5) is 26.9. The molecule has 0 unspecified atom stereocenters. The van der Waals surface area contributed by atoms with Crippen LogP contribution in [0.15, 0.2) is 48.7 Å². The monoisotopic (exact) mass is 436 g/mol. The third kappa shape index (κ3) is 5.15. The third-order valence-corrected chi connectivity index (χ3v) is 4.92. The summed E-state index contributed by atoms with van der Waals surface area (Å²) < 4.78 is 40.2. The van der Waals surface area contributed by atoms with Gasteiger partial charge in [-0.3, -0.25) is 4.79 Å². The van der Waals surface area contributed by atoms with E-state index in [1.54, 1.807) is 12.1 Å². The molecule has 0 saturated heterocycles. The van der Waals surface area contributed by atoms with Gasteiger partial charge in [-0.05, 0) is 35.4 Å². The minimum atomic E-state index is -4.61. The molecule has 0 aliphatic heterocycles. The number of H-pyrrole nitrogens is 1. The number of quaternary nitrogens is 1. The van der Waals surface area contributed by atoms with Crippen LogP contribution >= 0.6 is 0 Å². The Kier molecular flexibility index (Phi) is 6.21. The van der Waals surface area contributed by atoms with Crippen molar-refractivity contribution in [1.82, 2.24) is 10.3 Å². The molecule has 3 aromatic rings. The average molecular weight is 436 g/mol. The van der Waals surface area contributed by atoms with Crippen LogP contribution in [0.5, 0.6) is 5.75 Å². The number of carboxylic acids is 1. The van der Waals surface area contributed by atoms with Gasteiger partial charge in [-0.1, -0.05) is 18.2 Å². The lowest BCUT2D eigenvalue weighted by atomic mass is 10.00. The van der Waals surface area contributed by atoms with Crippen LogP contribution in [-0.4, -0.2) is 39.2 Å². The summed E-state index contributed by atoms with van der Waals surface area (Å²) in [7, 11) is 0. The van der Waals surface area contributed by atoms with Gasteiger partial charge in [-0.15, -0.1) is 0 Å². The normalized spacial score (nSPS) is 13.7. The minimum Gasteiger partial charge on any atom is -0.508 e. The van der Waals surface area contributed by atoms with E-state index < -0.39 is 35.7 Å². The van der Waals surface area contributed by atoms with Crippen molar-refractivity contribution in [2.75, 3.05) is 0 Å². The van der Waals surface area contributed by atoms with Gasteiger partial charge in [0.05, 0.1) is 5.56 Å². The van der Waals surface area contributed by atoms with Crippen LogP contribution in [0.25, 0.3) is 10.9 Å². The highest BCUT2D eigenvalue weighted by atomic mass is 19.4. The van der Waals surface area contributed by atoms with Crippen molar-refractivity contribution in [3.63, 3.8) is 0 Å². The van der Waals surface area contributed by atoms with Crippen LogP contribution in [0, 0.1) is 0 Å². The average Bonchev–Trinajstić information content (AvgIpc) is 3.11. The van der Waals surface area contributed by atoms with Crippen LogP contribution in [0.4, 0.5) is 13.2 Å². The molecule has 2 atom stereocenters. The Morgan fingerprint density at radius 3 is 2.39 bits per heavy atom. The number of carbonyl (C=O) groups is 2. The first-order valence-electron chi connectivity index (χ1n) is 9.36. The third-order valence-electron chi connectivity index (χ3n) is 4.92. The fourth-order valence-corrected chi connectivity index (χ4v) is 3.37. The molecule has 3 rings (SSSR count). The first kappa shape index (κ1) is 22.2. The van der Waals surface area contributed by atoms with E-state index in [0.717, 1.165) is 6.07 Å². The fourth-order valence-electron chi connectivity index (χ4n) is 3.37. The van der Waals surface area contributed by atoms with Crippen LogP contribution in [0.2, 0.25) is 0 Å². The van der Waals surface area contributed by atoms with Crippen molar-refractivity contribution >= 4 is 22.8 Å². The largest absolute Gasteiger partial charge is 0.508 e. The molecule has 0 radical (unpaired) electrons. The number of halogens is 3. The molecule has 1 amide bonds. The van der Waals surface area contributed by atoms with Crippen molar-refractivity contribution in [2.45, 2.75) is 31.1 Å². The maximum Gasteiger partial charge on any atom is 0.417 e. The zero-order valence-corrected chi connectivity index (χ0v) is 16.2. The maximum absolute atomic E-state index is 13.4. The van der Waals surface area contributed by atoms with Crippen LogP contribution in [0.1, 0.15) is 16.7 Å². The van der Waals surface area contributed by atoms with E-state index in [9.17, 15) is 33.0 Å². The number of amides is 1. The second-order valence-electron chi connectivity index (χ2n) is 7.21. The Hall–Kier alpha value is -3.53. The lowest BCUT2D eigenvalue weighted by Gasteiger charge is -2.17. The standard InChI is InChI=1S/C21H20F3N3O4/c22-21(23,24)14-2-1-3-16-18(14)12(10-26-16)9-17(20(30)31)27-19(29)15(25)8-11-4-6-13(28)7-5-11/h1-7,10,15,17,26,28H,8-9,25H2,(H,27,29)(H,30,31)/p+1/t15-,17+/m1/s1. The highest BCUT2D eigenvalue weighted by Crippen LogP contribution is 2.36. The van der Waals surface area contributed by atoms with Crippen molar-refractivity contribution in [3.05, 3.63) is 65.4 Å². The van der Waals surface area contributed by atoms with Gasteiger partial charge in [0.2, 0.25) is 0 Å². The van der Waals surface area contributed by atoms with E-state index in [1.165, 1.54) is 30.5 Å². The second-order valence-corrected chi connectivity index (χ2v) is 7.21. The van der Waals surface area contributed by atoms with Gasteiger partial charge in [0, 0.05) is 29.9 Å². The number of alkyl halides is 3. The highest BCUT2D eigenvalue weighted by molar-refractivity contribution is 5.89. The molecule has 1 heterocycles. The Morgan fingerprint density at radius 2 is 1.77 bits per heavy atom. The molecule has 0 spiro atoms. The van der Waals surface area contributed by atoms with E-state index in [-0.39, 0.29) is 35.1 Å². The first-order valence-corrected chi connectivity index (χ1v) is 9.36. The van der Waals surface area contributed by atoms with Gasteiger partial charge >= 0.3 is 12.1 Å². The fraction of sp³-hybridized carbons (Fsp3) is 0.238. The number of carboxylic acid groups (broad SMARTS) is 1. The quantitative estimate of drug-likeness (QED) is 0.387. The summed E-state index contributed by atoms with van der Waals surface area (Å²) in [6.45, 7) is 0. The van der Waals surface area contributed by atoms with E-state index in [0.29, 0.717) is 5.56 Å². The molecule has 0 saturated carbocycles. The molecule has 2 aromatic carbocycles. The molecule has 0 fully saturated rings. The van der Waals surface area contributed by atoms with E-state index in [2.05, 4.69) is 16.0 Å². The number of hydrogen-bond donors (Lipinski definition) is 5. The molecular formula is C21H21F3N3O4+. The smallest absolute Gasteiger partial charge is 0.417 e. The zero-order valence-electron chi connectivity index (χ0n) is 16.2. The first-order chi connectivity index (χ1) is 14.6. The van der Waals surface area contributed by atoms with Gasteiger partial charge in [-0.2, -0.15) is 13.2 Å². The summed E-state index contributed by atoms with van der Waals surface area (Å²) in [5.74, 6) is -1.95. The minimum absolute atomic E-state index is 0.0664. The molecule has 0 bridgehead atoms. The van der Waals surface area contributed by atoms with Gasteiger partial charge in [0.25, 0.3) is 5.91 Å². The molecule has 164 valence electrons. The molecule has 7 nitrogen and oxygen atoms in total. The van der Waals surface area contributed by atoms with Gasteiger partial charge in [0.15, 0.2) is 6.04 Å². The van der Waals surface area contributed by atoms with Crippen LogP contribution < -0.4 is 11.1 Å². The maximum atomic E-state index is 13.4. The number of carbonyl (C=O) groups excluding carboxylic acids is 1. The highest BCUT2D eigenvalue weighted by Gasteiger charge is 2.34. The van der Waals surface area contributed by atoms with Gasteiger partial charge < -0.3 is 26.2 Å². The summed E-state index contributed by atoms with van der Waals surface area (Å²) in [5.41, 5.74) is 3.94. The molecule has 1 aromatic heterocycles. The molecule has 10 heteroatoms. The summed E-state index contributed by atoms with van der Waals surface area (Å²) in [6, 6.07) is 7.52.